The van der Waals surface area contributed by atoms with Crippen LogP contribution in [0.25, 0.3) is 26.0 Å². The van der Waals surface area contributed by atoms with Crippen LogP contribution in [-0.2, 0) is 0 Å². The van der Waals surface area contributed by atoms with Crippen molar-refractivity contribution in [2.75, 3.05) is 0 Å². The fourth-order valence-corrected chi connectivity index (χ4v) is 5.21. The Morgan fingerprint density at radius 2 is 2.12 bits per heavy atom. The van der Waals surface area contributed by atoms with Gasteiger partial charge in [-0.15, -0.1) is 22.7 Å². The van der Waals surface area contributed by atoms with E-state index in [1.54, 1.807) is 11.3 Å². The van der Waals surface area contributed by atoms with Crippen molar-refractivity contribution in [3.8, 4) is 6.07 Å². The summed E-state index contributed by atoms with van der Waals surface area (Å²) in [6, 6.07) is 11.8. The van der Waals surface area contributed by atoms with Gasteiger partial charge in [0.1, 0.15) is 38.6 Å². The molecule has 0 aliphatic rings. The molecule has 26 heavy (non-hydrogen) atoms. The number of thiophene rings is 1. The van der Waals surface area contributed by atoms with Crippen molar-refractivity contribution in [3.63, 3.8) is 0 Å². The Bertz CT molecular complexity index is 1140. The molecule has 8 heteroatoms. The predicted octanol–water partition coefficient (Wildman–Crippen LogP) is 5.27. The summed E-state index contributed by atoms with van der Waals surface area (Å²) in [6.45, 7) is 1.85. The maximum Gasteiger partial charge on any atom is 0.138 e. The molecule has 0 spiro atoms. The normalized spacial score (nSPS) is 13.5. The standard InChI is InChI=1S/C18H12N4OS3/c1-10(25-17-11-6-7-24-16(11)20-9-21-17)15(23)12(8-19)18-22-13-4-2-3-5-14(13)26-18/h2-7,9-10,23H,1H3/t10-/m0/s1. The smallest absolute Gasteiger partial charge is 0.138 e. The van der Waals surface area contributed by atoms with E-state index in [-0.39, 0.29) is 16.6 Å². The first-order valence-corrected chi connectivity index (χ1v) is 10.3. The Kier molecular flexibility index (Phi) is 4.59. The molecule has 3 aromatic heterocycles. The molecule has 1 N–H and O–H groups in total. The van der Waals surface area contributed by atoms with Crippen LogP contribution in [0, 0.1) is 11.3 Å². The third-order valence-electron chi connectivity index (χ3n) is 3.77. The maximum absolute atomic E-state index is 10.7. The lowest BCUT2D eigenvalue weighted by Crippen LogP contribution is -2.04. The monoisotopic (exact) mass is 396 g/mol. The summed E-state index contributed by atoms with van der Waals surface area (Å²) in [4.78, 5) is 13.9. The van der Waals surface area contributed by atoms with Gasteiger partial charge in [-0.3, -0.25) is 0 Å². The molecule has 128 valence electrons. The van der Waals surface area contributed by atoms with Crippen molar-refractivity contribution in [1.82, 2.24) is 15.0 Å². The highest BCUT2D eigenvalue weighted by atomic mass is 32.2. The van der Waals surface area contributed by atoms with Crippen LogP contribution in [0.3, 0.4) is 0 Å². The van der Waals surface area contributed by atoms with Gasteiger partial charge < -0.3 is 5.11 Å². The van der Waals surface area contributed by atoms with Crippen molar-refractivity contribution < 1.29 is 5.11 Å². The number of hydrogen-bond acceptors (Lipinski definition) is 8. The number of nitriles is 1. The number of aliphatic hydroxyl groups excluding tert-OH is 1. The van der Waals surface area contributed by atoms with E-state index in [1.807, 2.05) is 42.6 Å². The summed E-state index contributed by atoms with van der Waals surface area (Å²) in [7, 11) is 0. The first-order valence-electron chi connectivity index (χ1n) is 7.71. The van der Waals surface area contributed by atoms with Gasteiger partial charge in [-0.2, -0.15) is 5.26 Å². The molecule has 0 radical (unpaired) electrons. The molecular weight excluding hydrogens is 384 g/mol. The van der Waals surface area contributed by atoms with Gasteiger partial charge >= 0.3 is 0 Å². The lowest BCUT2D eigenvalue weighted by Gasteiger charge is -2.11. The maximum atomic E-state index is 10.7. The first-order chi connectivity index (χ1) is 12.7. The molecule has 0 aliphatic heterocycles. The topological polar surface area (TPSA) is 82.7 Å². The number of para-hydroxylation sites is 1. The second-order valence-corrected chi connectivity index (χ2v) is 8.69. The minimum Gasteiger partial charge on any atom is -0.510 e. The largest absolute Gasteiger partial charge is 0.510 e. The molecule has 4 aromatic rings. The Morgan fingerprint density at radius 1 is 1.27 bits per heavy atom. The molecule has 0 amide bonds. The van der Waals surface area contributed by atoms with Gasteiger partial charge in [-0.25, -0.2) is 15.0 Å². The zero-order valence-electron chi connectivity index (χ0n) is 13.6. The van der Waals surface area contributed by atoms with Crippen molar-refractivity contribution >= 4 is 60.4 Å². The van der Waals surface area contributed by atoms with Crippen LogP contribution in [0.1, 0.15) is 11.9 Å². The van der Waals surface area contributed by atoms with Crippen LogP contribution in [0.5, 0.6) is 0 Å². The molecule has 1 aromatic carbocycles. The second kappa shape index (κ2) is 7.03. The van der Waals surface area contributed by atoms with Crippen LogP contribution >= 0.6 is 34.4 Å². The molecule has 0 aliphatic carbocycles. The van der Waals surface area contributed by atoms with Gasteiger partial charge in [-0.1, -0.05) is 23.9 Å². The van der Waals surface area contributed by atoms with Crippen LogP contribution in [0.2, 0.25) is 0 Å². The van der Waals surface area contributed by atoms with Gasteiger partial charge in [0, 0.05) is 5.39 Å². The SMILES string of the molecule is C[C@H](Sc1ncnc2sccc12)C(O)=C(C#N)c1nc2ccccc2s1. The number of allylic oxidation sites excluding steroid dienone is 1. The van der Waals surface area contributed by atoms with Gasteiger partial charge in [0.25, 0.3) is 0 Å². The molecule has 0 bridgehead atoms. The number of thioether (sulfide) groups is 1. The first kappa shape index (κ1) is 17.0. The predicted molar refractivity (Wildman–Crippen MR) is 108 cm³/mol. The highest BCUT2D eigenvalue weighted by molar-refractivity contribution is 8.00. The third-order valence-corrected chi connectivity index (χ3v) is 6.77. The van der Waals surface area contributed by atoms with Crippen molar-refractivity contribution in [1.29, 1.82) is 5.26 Å². The number of nitrogens with zero attached hydrogens (tertiary/aromatic N) is 4. The minimum absolute atomic E-state index is 0.0125. The fraction of sp³-hybridized carbons (Fsp3) is 0.111. The summed E-state index contributed by atoms with van der Waals surface area (Å²) >= 11 is 4.35. The second-order valence-electron chi connectivity index (χ2n) is 5.44. The van der Waals surface area contributed by atoms with Gasteiger partial charge in [0.15, 0.2) is 0 Å². The summed E-state index contributed by atoms with van der Waals surface area (Å²) in [5, 5.41) is 24.2. The van der Waals surface area contributed by atoms with E-state index in [0.29, 0.717) is 5.01 Å². The van der Waals surface area contributed by atoms with Gasteiger partial charge in [0.2, 0.25) is 0 Å². The highest BCUT2D eigenvalue weighted by Gasteiger charge is 2.20. The summed E-state index contributed by atoms with van der Waals surface area (Å²) in [5.41, 5.74) is 1.03. The van der Waals surface area contributed by atoms with Crippen LogP contribution in [0.4, 0.5) is 0 Å². The Labute approximate surface area is 161 Å². The zero-order chi connectivity index (χ0) is 18.1. The fourth-order valence-electron chi connectivity index (χ4n) is 2.48. The molecule has 5 nitrogen and oxygen atoms in total. The Morgan fingerprint density at radius 3 is 2.92 bits per heavy atom. The van der Waals surface area contributed by atoms with E-state index in [0.717, 1.165) is 25.5 Å². The number of aliphatic hydroxyl groups is 1. The van der Waals surface area contributed by atoms with E-state index in [4.69, 9.17) is 0 Å². The van der Waals surface area contributed by atoms with E-state index >= 15 is 0 Å². The number of thiazole rings is 1. The Balaban J connectivity index is 1.70. The number of rotatable bonds is 4. The molecule has 0 unspecified atom stereocenters. The van der Waals surface area contributed by atoms with Gasteiger partial charge in [0.05, 0.1) is 15.5 Å². The summed E-state index contributed by atoms with van der Waals surface area (Å²) < 4.78 is 0.985. The summed E-state index contributed by atoms with van der Waals surface area (Å²) in [5.74, 6) is 0.0125. The quantitative estimate of drug-likeness (QED) is 0.219. The number of benzene rings is 1. The highest BCUT2D eigenvalue weighted by Crippen LogP contribution is 2.35. The number of fused-ring (bicyclic) bond motifs is 2. The number of aromatic nitrogens is 3. The lowest BCUT2D eigenvalue weighted by atomic mass is 10.2. The third kappa shape index (κ3) is 3.05. The minimum atomic E-state index is -0.338. The molecular formula is C18H12N4OS3. The molecule has 0 fully saturated rings. The number of hydrogen-bond donors (Lipinski definition) is 1. The average Bonchev–Trinajstić information content (AvgIpc) is 3.29. The van der Waals surface area contributed by atoms with E-state index in [9.17, 15) is 10.4 Å². The van der Waals surface area contributed by atoms with Crippen molar-refractivity contribution in [2.45, 2.75) is 17.2 Å². The van der Waals surface area contributed by atoms with Crippen molar-refractivity contribution in [2.24, 2.45) is 0 Å². The summed E-state index contributed by atoms with van der Waals surface area (Å²) in [6.07, 6.45) is 1.52. The van der Waals surface area contributed by atoms with Crippen LogP contribution in [-0.4, -0.2) is 25.3 Å². The Hall–Kier alpha value is -2.47. The molecule has 3 heterocycles. The molecule has 0 saturated heterocycles. The van der Waals surface area contributed by atoms with E-state index < -0.39 is 0 Å². The molecule has 0 saturated carbocycles. The van der Waals surface area contributed by atoms with Gasteiger partial charge in [-0.05, 0) is 30.5 Å². The van der Waals surface area contributed by atoms with E-state index in [2.05, 4.69) is 21.0 Å². The molecule has 1 atom stereocenters. The molecule has 4 rings (SSSR count). The van der Waals surface area contributed by atoms with Crippen LogP contribution in [0.15, 0.2) is 52.8 Å². The lowest BCUT2D eigenvalue weighted by molar-refractivity contribution is 0.402. The van der Waals surface area contributed by atoms with Crippen LogP contribution < -0.4 is 0 Å². The average molecular weight is 397 g/mol. The van der Waals surface area contributed by atoms with E-state index in [1.165, 1.54) is 29.4 Å². The zero-order valence-corrected chi connectivity index (χ0v) is 16.0. The van der Waals surface area contributed by atoms with Crippen molar-refractivity contribution in [3.05, 3.63) is 52.8 Å².